The molecule has 0 spiro atoms. The van der Waals surface area contributed by atoms with Crippen molar-refractivity contribution in [2.75, 3.05) is 36.8 Å². The molecule has 4 aromatic rings. The molecule has 0 radical (unpaired) electrons. The molecule has 0 aliphatic carbocycles. The van der Waals surface area contributed by atoms with Gasteiger partial charge in [-0.25, -0.2) is 5.10 Å². The van der Waals surface area contributed by atoms with E-state index >= 15 is 0 Å². The van der Waals surface area contributed by atoms with Gasteiger partial charge in [0.25, 0.3) is 5.56 Å². The average Bonchev–Trinajstić information content (AvgIpc) is 2.81. The minimum atomic E-state index is -0.187. The van der Waals surface area contributed by atoms with Gasteiger partial charge in [0.15, 0.2) is 0 Å². The number of H-pyrrole nitrogens is 1. The monoisotopic (exact) mass is 412 g/mol. The maximum absolute atomic E-state index is 12.1. The van der Waals surface area contributed by atoms with E-state index in [4.69, 9.17) is 5.73 Å². The van der Waals surface area contributed by atoms with Crippen molar-refractivity contribution in [2.45, 2.75) is 6.54 Å². The van der Waals surface area contributed by atoms with E-state index in [-0.39, 0.29) is 5.56 Å². The number of nitrogens with one attached hydrogen (secondary N) is 1. The molecule has 156 valence electrons. The Morgan fingerprint density at radius 2 is 1.77 bits per heavy atom. The molecule has 7 nitrogen and oxygen atoms in total. The summed E-state index contributed by atoms with van der Waals surface area (Å²) in [6, 6.07) is 17.6. The fourth-order valence-corrected chi connectivity index (χ4v) is 4.22. The number of piperazine rings is 1. The quantitative estimate of drug-likeness (QED) is 0.501. The smallest absolute Gasteiger partial charge is 0.272 e. The lowest BCUT2D eigenvalue weighted by atomic mass is 10.0. The lowest BCUT2D eigenvalue weighted by Gasteiger charge is -2.36. The summed E-state index contributed by atoms with van der Waals surface area (Å²) in [4.78, 5) is 21.0. The van der Waals surface area contributed by atoms with Gasteiger partial charge in [0, 0.05) is 56.1 Å². The van der Waals surface area contributed by atoms with E-state index in [1.165, 1.54) is 5.56 Å². The third kappa shape index (κ3) is 3.87. The van der Waals surface area contributed by atoms with Crippen LogP contribution in [0.25, 0.3) is 22.0 Å². The van der Waals surface area contributed by atoms with Crippen LogP contribution in [0.5, 0.6) is 0 Å². The first-order chi connectivity index (χ1) is 15.2. The zero-order chi connectivity index (χ0) is 21.2. The number of hydrogen-bond acceptors (Lipinski definition) is 6. The number of nitrogens with zero attached hydrogens (tertiary/aromatic N) is 4. The summed E-state index contributed by atoms with van der Waals surface area (Å²) in [5, 5.41) is 8.33. The lowest BCUT2D eigenvalue weighted by Crippen LogP contribution is -2.46. The van der Waals surface area contributed by atoms with Gasteiger partial charge in [-0.2, -0.15) is 5.10 Å². The van der Waals surface area contributed by atoms with E-state index in [2.05, 4.69) is 37.1 Å². The van der Waals surface area contributed by atoms with Gasteiger partial charge < -0.3 is 10.6 Å². The summed E-state index contributed by atoms with van der Waals surface area (Å²) in [5.41, 5.74) is 10.9. The number of anilines is 2. The Labute approximate surface area is 180 Å². The number of benzene rings is 2. The lowest BCUT2D eigenvalue weighted by molar-refractivity contribution is 0.249. The van der Waals surface area contributed by atoms with Crippen LogP contribution in [-0.2, 0) is 6.54 Å². The van der Waals surface area contributed by atoms with Crippen LogP contribution < -0.4 is 16.2 Å². The minimum Gasteiger partial charge on any atom is -0.397 e. The van der Waals surface area contributed by atoms with E-state index in [1.54, 1.807) is 6.20 Å². The summed E-state index contributed by atoms with van der Waals surface area (Å²) in [7, 11) is 0. The molecule has 1 aliphatic heterocycles. The van der Waals surface area contributed by atoms with Gasteiger partial charge in [-0.05, 0) is 29.8 Å². The maximum Gasteiger partial charge on any atom is 0.272 e. The Balaban J connectivity index is 1.34. The summed E-state index contributed by atoms with van der Waals surface area (Å²) >= 11 is 0. The molecule has 2 aromatic heterocycles. The standard InChI is InChI=1S/C24H24N6O/c25-21-14-18(23-19-5-1-2-6-20(19)24(31)28-27-23)7-8-22(21)30-12-10-29(11-13-30)16-17-4-3-9-26-15-17/h1-9,14-15H,10-13,16,25H2,(H,28,31). The van der Waals surface area contributed by atoms with Crippen LogP contribution in [0.3, 0.4) is 0 Å². The predicted octanol–water partition coefficient (Wildman–Crippen LogP) is 2.89. The Morgan fingerprint density at radius 3 is 2.52 bits per heavy atom. The number of aromatic amines is 1. The molecule has 0 saturated carbocycles. The number of fused-ring (bicyclic) bond motifs is 1. The molecular weight excluding hydrogens is 388 g/mol. The van der Waals surface area contributed by atoms with Crippen LogP contribution in [-0.4, -0.2) is 46.3 Å². The van der Waals surface area contributed by atoms with Gasteiger partial charge in [0.05, 0.1) is 22.5 Å². The first-order valence-electron chi connectivity index (χ1n) is 10.4. The van der Waals surface area contributed by atoms with Gasteiger partial charge >= 0.3 is 0 Å². The van der Waals surface area contributed by atoms with Crippen molar-refractivity contribution >= 4 is 22.1 Å². The molecule has 3 N–H and O–H groups in total. The van der Waals surface area contributed by atoms with Gasteiger partial charge in [-0.1, -0.05) is 30.3 Å². The third-order valence-corrected chi connectivity index (χ3v) is 5.84. The molecule has 31 heavy (non-hydrogen) atoms. The number of nitrogen functional groups attached to an aromatic ring is 1. The van der Waals surface area contributed by atoms with Gasteiger partial charge in [0.1, 0.15) is 0 Å². The molecule has 1 aliphatic rings. The summed E-state index contributed by atoms with van der Waals surface area (Å²) in [5.74, 6) is 0. The highest BCUT2D eigenvalue weighted by Crippen LogP contribution is 2.31. The fourth-order valence-electron chi connectivity index (χ4n) is 4.22. The Bertz CT molecular complexity index is 1260. The van der Waals surface area contributed by atoms with Crippen LogP contribution in [0.1, 0.15) is 5.56 Å². The van der Waals surface area contributed by atoms with Crippen molar-refractivity contribution in [3.8, 4) is 11.3 Å². The van der Waals surface area contributed by atoms with Gasteiger partial charge in [-0.3, -0.25) is 14.7 Å². The minimum absolute atomic E-state index is 0.187. The Hall–Kier alpha value is -3.71. The summed E-state index contributed by atoms with van der Waals surface area (Å²) in [6.45, 7) is 4.71. The van der Waals surface area contributed by atoms with Gasteiger partial charge in [0.2, 0.25) is 0 Å². The highest BCUT2D eigenvalue weighted by Gasteiger charge is 2.19. The number of nitrogens with two attached hydrogens (primary N) is 1. The van der Waals surface area contributed by atoms with Crippen LogP contribution in [0.2, 0.25) is 0 Å². The van der Waals surface area contributed by atoms with Gasteiger partial charge in [-0.15, -0.1) is 0 Å². The molecule has 1 saturated heterocycles. The molecule has 7 heteroatoms. The molecule has 2 aromatic carbocycles. The molecule has 0 atom stereocenters. The van der Waals surface area contributed by atoms with E-state index < -0.39 is 0 Å². The first-order valence-corrected chi connectivity index (χ1v) is 10.4. The fraction of sp³-hybridized carbons (Fsp3) is 0.208. The van der Waals surface area contributed by atoms with E-state index in [0.29, 0.717) is 5.39 Å². The maximum atomic E-state index is 12.1. The summed E-state index contributed by atoms with van der Waals surface area (Å²) in [6.07, 6.45) is 3.73. The van der Waals surface area contributed by atoms with Crippen molar-refractivity contribution in [1.29, 1.82) is 0 Å². The van der Waals surface area contributed by atoms with E-state index in [1.807, 2.05) is 48.7 Å². The number of hydrogen-bond donors (Lipinski definition) is 2. The topological polar surface area (TPSA) is 91.1 Å². The third-order valence-electron chi connectivity index (χ3n) is 5.84. The molecular formula is C24H24N6O. The SMILES string of the molecule is Nc1cc(-c2n[nH]c(=O)c3ccccc23)ccc1N1CCN(Cc2cccnc2)CC1. The van der Waals surface area contributed by atoms with Crippen molar-refractivity contribution in [3.63, 3.8) is 0 Å². The van der Waals surface area contributed by atoms with Crippen LogP contribution in [0.4, 0.5) is 11.4 Å². The Kier molecular flexibility index (Phi) is 5.09. The van der Waals surface area contributed by atoms with E-state index in [9.17, 15) is 4.79 Å². The van der Waals surface area contributed by atoms with Crippen LogP contribution >= 0.6 is 0 Å². The molecule has 5 rings (SSSR count). The molecule has 3 heterocycles. The van der Waals surface area contributed by atoms with Crippen LogP contribution in [0.15, 0.2) is 71.8 Å². The molecule has 0 bridgehead atoms. The second kappa shape index (κ2) is 8.20. The summed E-state index contributed by atoms with van der Waals surface area (Å²) < 4.78 is 0. The number of aromatic nitrogens is 3. The Morgan fingerprint density at radius 1 is 0.968 bits per heavy atom. The highest BCUT2D eigenvalue weighted by molar-refractivity contribution is 5.94. The largest absolute Gasteiger partial charge is 0.397 e. The van der Waals surface area contributed by atoms with E-state index in [0.717, 1.165) is 60.7 Å². The number of rotatable bonds is 4. The average molecular weight is 412 g/mol. The van der Waals surface area contributed by atoms with Crippen molar-refractivity contribution in [1.82, 2.24) is 20.1 Å². The molecule has 0 unspecified atom stereocenters. The second-order valence-corrected chi connectivity index (χ2v) is 7.84. The normalized spacial score (nSPS) is 14.8. The zero-order valence-electron chi connectivity index (χ0n) is 17.2. The second-order valence-electron chi connectivity index (χ2n) is 7.84. The predicted molar refractivity (Wildman–Crippen MR) is 124 cm³/mol. The van der Waals surface area contributed by atoms with Crippen molar-refractivity contribution in [2.24, 2.45) is 0 Å². The van der Waals surface area contributed by atoms with Crippen molar-refractivity contribution in [3.05, 3.63) is 82.9 Å². The first kappa shape index (κ1) is 19.3. The van der Waals surface area contributed by atoms with Crippen LogP contribution in [0, 0.1) is 0 Å². The van der Waals surface area contributed by atoms with Crippen molar-refractivity contribution < 1.29 is 0 Å². The highest BCUT2D eigenvalue weighted by atomic mass is 16.1. The molecule has 0 amide bonds. The number of pyridine rings is 1. The molecule has 1 fully saturated rings. The zero-order valence-corrected chi connectivity index (χ0v) is 17.2.